The first-order chi connectivity index (χ1) is 11.1. The van der Waals surface area contributed by atoms with Gasteiger partial charge in [-0.2, -0.15) is 5.06 Å². The fraction of sp³-hybridized carbons (Fsp3) is 0.105. The summed E-state index contributed by atoms with van der Waals surface area (Å²) in [6.07, 6.45) is 4.79. The second kappa shape index (κ2) is 6.18. The van der Waals surface area contributed by atoms with Gasteiger partial charge >= 0.3 is 0 Å². The van der Waals surface area contributed by atoms with Gasteiger partial charge in [0.25, 0.3) is 5.91 Å². The molecular formula is C19H16FNO2. The lowest BCUT2D eigenvalue weighted by molar-refractivity contribution is -0.159. The number of hydrogen-bond acceptors (Lipinski definition) is 2. The molecule has 0 spiro atoms. The highest BCUT2D eigenvalue weighted by molar-refractivity contribution is 5.95. The molecule has 2 aromatic rings. The average molecular weight is 309 g/mol. The lowest BCUT2D eigenvalue weighted by atomic mass is 9.89. The van der Waals surface area contributed by atoms with E-state index in [1.165, 1.54) is 0 Å². The fourth-order valence-electron chi connectivity index (χ4n) is 2.63. The number of carbonyl (C=O) groups is 1. The van der Waals surface area contributed by atoms with Gasteiger partial charge < -0.3 is 0 Å². The van der Waals surface area contributed by atoms with Crippen LogP contribution in [0.2, 0.25) is 0 Å². The first-order valence-corrected chi connectivity index (χ1v) is 7.33. The molecule has 0 bridgehead atoms. The Morgan fingerprint density at radius 2 is 1.65 bits per heavy atom. The summed E-state index contributed by atoms with van der Waals surface area (Å²) in [5.41, 5.74) is 1.11. The predicted octanol–water partition coefficient (Wildman–Crippen LogP) is 4.23. The van der Waals surface area contributed by atoms with Crippen LogP contribution < -0.4 is 0 Å². The molecule has 0 aromatic heterocycles. The van der Waals surface area contributed by atoms with Crippen LogP contribution in [0, 0.1) is 0 Å². The third-order valence-electron chi connectivity index (χ3n) is 3.83. The van der Waals surface area contributed by atoms with Crippen LogP contribution in [-0.2, 0) is 0 Å². The van der Waals surface area contributed by atoms with Gasteiger partial charge in [-0.05, 0) is 17.7 Å². The first-order valence-electron chi connectivity index (χ1n) is 7.33. The molecule has 4 heteroatoms. The Balaban J connectivity index is 1.97. The zero-order valence-electron chi connectivity index (χ0n) is 12.4. The molecule has 0 radical (unpaired) electrons. The molecule has 1 aliphatic rings. The van der Waals surface area contributed by atoms with E-state index >= 15 is 4.39 Å². The van der Waals surface area contributed by atoms with E-state index in [-0.39, 0.29) is 22.6 Å². The molecule has 1 amide bonds. The highest BCUT2D eigenvalue weighted by Crippen LogP contribution is 2.39. The van der Waals surface area contributed by atoms with Crippen LogP contribution in [0.4, 0.5) is 4.39 Å². The van der Waals surface area contributed by atoms with Crippen LogP contribution in [0.3, 0.4) is 0 Å². The molecule has 1 aliphatic carbocycles. The molecule has 1 unspecified atom stereocenters. The van der Waals surface area contributed by atoms with Crippen molar-refractivity contribution in [3.63, 3.8) is 0 Å². The molecule has 1 atom stereocenters. The molecule has 116 valence electrons. The average Bonchev–Trinajstić information content (AvgIpc) is 2.62. The maximum atomic E-state index is 15.6. The summed E-state index contributed by atoms with van der Waals surface area (Å²) in [7, 11) is 0. The summed E-state index contributed by atoms with van der Waals surface area (Å²) in [5, 5.41) is 10.5. The molecule has 0 saturated heterocycles. The summed E-state index contributed by atoms with van der Waals surface area (Å²) in [4.78, 5) is 12.4. The minimum atomic E-state index is -2.30. The number of rotatable bonds is 3. The summed E-state index contributed by atoms with van der Waals surface area (Å²) < 4.78 is 15.6. The zero-order chi connectivity index (χ0) is 16.3. The van der Waals surface area contributed by atoms with E-state index in [4.69, 9.17) is 0 Å². The molecule has 0 heterocycles. The molecule has 0 saturated carbocycles. The molecule has 23 heavy (non-hydrogen) atoms. The van der Waals surface area contributed by atoms with E-state index in [0.717, 1.165) is 0 Å². The lowest BCUT2D eigenvalue weighted by Gasteiger charge is -2.35. The van der Waals surface area contributed by atoms with Gasteiger partial charge in [0, 0.05) is 17.6 Å². The quantitative estimate of drug-likeness (QED) is 0.524. The summed E-state index contributed by atoms with van der Waals surface area (Å²) in [6.45, 7) is 0. The highest BCUT2D eigenvalue weighted by atomic mass is 19.1. The normalized spacial score (nSPS) is 20.0. The van der Waals surface area contributed by atoms with Crippen LogP contribution in [0.1, 0.15) is 22.3 Å². The maximum absolute atomic E-state index is 15.6. The number of allylic oxidation sites excluding steroid dienone is 2. The maximum Gasteiger partial charge on any atom is 0.280 e. The second-order valence-corrected chi connectivity index (χ2v) is 5.32. The van der Waals surface area contributed by atoms with Crippen LogP contribution in [0.25, 0.3) is 5.57 Å². The minimum Gasteiger partial charge on any atom is -0.282 e. The molecule has 3 rings (SSSR count). The third kappa shape index (κ3) is 2.81. The number of hydrogen-bond donors (Lipinski definition) is 1. The minimum absolute atomic E-state index is 0.108. The molecule has 0 aliphatic heterocycles. The summed E-state index contributed by atoms with van der Waals surface area (Å²) >= 11 is 0. The number of benzene rings is 2. The fourth-order valence-corrected chi connectivity index (χ4v) is 2.63. The van der Waals surface area contributed by atoms with Crippen molar-refractivity contribution >= 4 is 11.5 Å². The van der Waals surface area contributed by atoms with E-state index in [1.54, 1.807) is 72.8 Å². The monoisotopic (exact) mass is 309 g/mol. The number of halogens is 1. The Morgan fingerprint density at radius 3 is 2.30 bits per heavy atom. The van der Waals surface area contributed by atoms with Crippen molar-refractivity contribution in [2.24, 2.45) is 0 Å². The largest absolute Gasteiger partial charge is 0.282 e. The topological polar surface area (TPSA) is 40.5 Å². The van der Waals surface area contributed by atoms with E-state index in [2.05, 4.69) is 0 Å². The Hall–Kier alpha value is -2.72. The Kier molecular flexibility index (Phi) is 4.08. The van der Waals surface area contributed by atoms with Crippen molar-refractivity contribution in [3.8, 4) is 0 Å². The van der Waals surface area contributed by atoms with Crippen LogP contribution in [0.15, 0.2) is 78.9 Å². The van der Waals surface area contributed by atoms with E-state index in [9.17, 15) is 10.0 Å². The van der Waals surface area contributed by atoms with Crippen LogP contribution in [0.5, 0.6) is 0 Å². The van der Waals surface area contributed by atoms with Gasteiger partial charge in [-0.3, -0.25) is 10.0 Å². The Morgan fingerprint density at radius 1 is 1.04 bits per heavy atom. The number of alkyl halides is 1. The zero-order valence-corrected chi connectivity index (χ0v) is 12.4. The van der Waals surface area contributed by atoms with Crippen molar-refractivity contribution in [1.29, 1.82) is 0 Å². The SMILES string of the molecule is O=C(c1ccccc1)N(O)C1(F)CC=CC=C1c1ccccc1. The van der Waals surface area contributed by atoms with Crippen LogP contribution >= 0.6 is 0 Å². The van der Waals surface area contributed by atoms with Gasteiger partial charge in [0.2, 0.25) is 5.79 Å². The predicted molar refractivity (Wildman–Crippen MR) is 86.4 cm³/mol. The van der Waals surface area contributed by atoms with Crippen molar-refractivity contribution in [2.75, 3.05) is 0 Å². The van der Waals surface area contributed by atoms with Gasteiger partial charge in [-0.25, -0.2) is 4.39 Å². The Bertz CT molecular complexity index is 755. The standard InChI is InChI=1S/C19H16FNO2/c20-19(21(23)18(22)16-11-5-2-6-12-16)14-8-7-13-17(19)15-9-3-1-4-10-15/h1-13,23H,14H2. The first kappa shape index (κ1) is 15.2. The van der Waals surface area contributed by atoms with Crippen LogP contribution in [-0.4, -0.2) is 22.0 Å². The van der Waals surface area contributed by atoms with Gasteiger partial charge in [-0.1, -0.05) is 66.8 Å². The van der Waals surface area contributed by atoms with E-state index in [1.807, 2.05) is 6.07 Å². The van der Waals surface area contributed by atoms with Crippen molar-refractivity contribution in [2.45, 2.75) is 12.2 Å². The highest BCUT2D eigenvalue weighted by Gasteiger charge is 2.44. The molecule has 2 aromatic carbocycles. The van der Waals surface area contributed by atoms with Crippen molar-refractivity contribution in [3.05, 3.63) is 90.0 Å². The number of hydroxylamine groups is 2. The van der Waals surface area contributed by atoms with Crippen molar-refractivity contribution < 1.29 is 14.4 Å². The lowest BCUT2D eigenvalue weighted by Crippen LogP contribution is -2.47. The summed E-state index contributed by atoms with van der Waals surface area (Å²) in [5.74, 6) is -3.08. The third-order valence-corrected chi connectivity index (χ3v) is 3.83. The number of nitrogens with zero attached hydrogens (tertiary/aromatic N) is 1. The van der Waals surface area contributed by atoms with Gasteiger partial charge in [0.15, 0.2) is 0 Å². The molecule has 1 N–H and O–H groups in total. The van der Waals surface area contributed by atoms with Gasteiger partial charge in [0.1, 0.15) is 0 Å². The molecular weight excluding hydrogens is 293 g/mol. The van der Waals surface area contributed by atoms with E-state index in [0.29, 0.717) is 5.56 Å². The van der Waals surface area contributed by atoms with E-state index < -0.39 is 11.7 Å². The second-order valence-electron chi connectivity index (χ2n) is 5.32. The smallest absolute Gasteiger partial charge is 0.280 e. The number of carbonyl (C=O) groups excluding carboxylic acids is 1. The summed E-state index contributed by atoms with van der Waals surface area (Å²) in [6, 6.07) is 17.1. The molecule has 3 nitrogen and oxygen atoms in total. The number of amides is 1. The Labute approximate surface area is 133 Å². The van der Waals surface area contributed by atoms with Crippen molar-refractivity contribution in [1.82, 2.24) is 5.06 Å². The van der Waals surface area contributed by atoms with Gasteiger partial charge in [0.05, 0.1) is 0 Å². The van der Waals surface area contributed by atoms with Gasteiger partial charge in [-0.15, -0.1) is 0 Å². The molecule has 0 fully saturated rings.